The number of allylic oxidation sites excluding steroid dienone is 14. The third-order valence-electron chi connectivity index (χ3n) is 9.50. The van der Waals surface area contributed by atoms with Gasteiger partial charge in [-0.05, 0) is 96.3 Å². The van der Waals surface area contributed by atoms with Crippen molar-refractivity contribution in [2.24, 2.45) is 0 Å². The number of ether oxygens (including phenoxy) is 3. The Morgan fingerprint density at radius 2 is 1.10 bits per heavy atom. The van der Waals surface area contributed by atoms with Crippen molar-refractivity contribution in [2.75, 3.05) is 47.5 Å². The highest BCUT2D eigenvalue weighted by Crippen LogP contribution is 2.43. The van der Waals surface area contributed by atoms with E-state index in [2.05, 4.69) is 111 Å². The average Bonchev–Trinajstić information content (AvgIpc) is 3.97. The summed E-state index contributed by atoms with van der Waals surface area (Å²) < 4.78 is 40.0. The van der Waals surface area contributed by atoms with Crippen LogP contribution in [-0.2, 0) is 37.4 Å². The largest absolute Gasteiger partial charge is 0.472 e. The van der Waals surface area contributed by atoms with Crippen molar-refractivity contribution in [3.05, 3.63) is 97.2 Å². The van der Waals surface area contributed by atoms with Crippen LogP contribution in [0.3, 0.4) is 0 Å². The van der Waals surface area contributed by atoms with E-state index in [0.717, 1.165) is 83.5 Å². The molecule has 1 aliphatic rings. The number of rotatable bonds is 39. The van der Waals surface area contributed by atoms with Crippen LogP contribution in [0.2, 0.25) is 0 Å². The van der Waals surface area contributed by atoms with Gasteiger partial charge >= 0.3 is 19.8 Å². The van der Waals surface area contributed by atoms with Crippen LogP contribution < -0.4 is 0 Å². The van der Waals surface area contributed by atoms with Gasteiger partial charge in [0.05, 0.1) is 40.0 Å². The Morgan fingerprint density at radius 3 is 1.67 bits per heavy atom. The normalized spacial score (nSPS) is 17.7. The summed E-state index contributed by atoms with van der Waals surface area (Å²) in [5.74, 6) is -0.919. The Balaban J connectivity index is 2.35. The number of esters is 2. The van der Waals surface area contributed by atoms with E-state index >= 15 is 0 Å². The lowest BCUT2D eigenvalue weighted by atomic mass is 10.1. The van der Waals surface area contributed by atoms with Crippen LogP contribution in [0.25, 0.3) is 0 Å². The number of unbranched alkanes of at least 4 members (excludes halogenated alkanes) is 7. The predicted octanol–water partition coefficient (Wildman–Crippen LogP) is 12.3. The van der Waals surface area contributed by atoms with Crippen molar-refractivity contribution in [3.8, 4) is 0 Å². The number of hydrogen-bond donors (Lipinski definition) is 1. The van der Waals surface area contributed by atoms with Crippen LogP contribution in [0, 0.1) is 0 Å². The summed E-state index contributed by atoms with van der Waals surface area (Å²) >= 11 is 0. The van der Waals surface area contributed by atoms with Crippen LogP contribution in [0.15, 0.2) is 97.2 Å². The van der Waals surface area contributed by atoms with Gasteiger partial charge in [0.25, 0.3) is 0 Å². The van der Waals surface area contributed by atoms with Crippen LogP contribution in [0.1, 0.15) is 142 Å². The second-order valence-electron chi connectivity index (χ2n) is 16.4. The summed E-state index contributed by atoms with van der Waals surface area (Å²) in [5.41, 5.74) is 0. The molecule has 0 aliphatic carbocycles. The van der Waals surface area contributed by atoms with Crippen molar-refractivity contribution < 1.29 is 46.8 Å². The standard InChI is InChI=1S/C50H82NO9P/c1-6-8-10-12-14-15-16-17-18-19-20-21-22-23-24-25-28-33-37-41-50(53)59-46(45-58-61(54,55)57-43-42-51(3,4)5)44-56-49(52)40-36-32-29-26-27-31-35-39-48-47(60-48)38-34-30-13-11-9-7-2/h8,10,14-15,17-18,20-21,23-24,26,29-31,34-35,46-48H,6-7,9,11-13,16,19,22,25,27-28,32-33,36-45H2,1-5H3/p+1/b10-8-,15-14-,18-17-,21-20-,24-23-,29-26-,34-30-,35-31-/t46-,47?,48?/m1/s1. The molecule has 0 saturated carbocycles. The zero-order chi connectivity index (χ0) is 44.7. The molecule has 1 fully saturated rings. The Labute approximate surface area is 370 Å². The highest BCUT2D eigenvalue weighted by molar-refractivity contribution is 7.47. The van der Waals surface area contributed by atoms with Crippen molar-refractivity contribution in [1.29, 1.82) is 0 Å². The van der Waals surface area contributed by atoms with Gasteiger partial charge in [0.2, 0.25) is 0 Å². The molecule has 346 valence electrons. The summed E-state index contributed by atoms with van der Waals surface area (Å²) in [4.78, 5) is 35.4. The third kappa shape index (κ3) is 38.3. The number of epoxide rings is 1. The van der Waals surface area contributed by atoms with E-state index in [1.807, 2.05) is 21.1 Å². The van der Waals surface area contributed by atoms with Crippen LogP contribution in [0.4, 0.5) is 0 Å². The maximum absolute atomic E-state index is 12.7. The maximum Gasteiger partial charge on any atom is 0.472 e. The Bertz CT molecular complexity index is 1420. The quantitative estimate of drug-likeness (QED) is 0.0161. The molecular formula is C50H83NO9P+. The molecule has 0 aromatic rings. The Kier molecular flexibility index (Phi) is 34.3. The van der Waals surface area contributed by atoms with E-state index in [4.69, 9.17) is 23.3 Å². The molecule has 3 unspecified atom stereocenters. The molecule has 1 aliphatic heterocycles. The van der Waals surface area contributed by atoms with E-state index in [1.165, 1.54) is 19.3 Å². The first kappa shape index (κ1) is 55.9. The highest BCUT2D eigenvalue weighted by atomic mass is 31.2. The molecule has 11 heteroatoms. The minimum atomic E-state index is -4.41. The molecule has 1 N–H and O–H groups in total. The zero-order valence-electron chi connectivity index (χ0n) is 38.5. The van der Waals surface area contributed by atoms with Gasteiger partial charge in [0, 0.05) is 12.8 Å². The number of nitrogens with zero attached hydrogens (tertiary/aromatic N) is 1. The van der Waals surface area contributed by atoms with Gasteiger partial charge < -0.3 is 23.6 Å². The second kappa shape index (κ2) is 37.4. The Hall–Kier alpha value is -3.11. The monoisotopic (exact) mass is 873 g/mol. The summed E-state index contributed by atoms with van der Waals surface area (Å²) in [6.45, 7) is 4.14. The Morgan fingerprint density at radius 1 is 0.607 bits per heavy atom. The molecule has 0 aromatic carbocycles. The zero-order valence-corrected chi connectivity index (χ0v) is 39.4. The van der Waals surface area contributed by atoms with Crippen LogP contribution in [-0.4, -0.2) is 87.1 Å². The van der Waals surface area contributed by atoms with E-state index in [0.29, 0.717) is 36.1 Å². The highest BCUT2D eigenvalue weighted by Gasteiger charge is 2.36. The first-order chi connectivity index (χ1) is 29.5. The third-order valence-corrected chi connectivity index (χ3v) is 10.5. The molecule has 0 aromatic heterocycles. The van der Waals surface area contributed by atoms with Crippen molar-refractivity contribution in [3.63, 3.8) is 0 Å². The van der Waals surface area contributed by atoms with Crippen LogP contribution >= 0.6 is 7.82 Å². The number of phosphoric ester groups is 1. The summed E-state index contributed by atoms with van der Waals surface area (Å²) in [5, 5.41) is 0. The molecule has 0 radical (unpaired) electrons. The van der Waals surface area contributed by atoms with Gasteiger partial charge in [-0.2, -0.15) is 0 Å². The van der Waals surface area contributed by atoms with Crippen molar-refractivity contribution in [1.82, 2.24) is 0 Å². The fourth-order valence-electron chi connectivity index (χ4n) is 5.78. The van der Waals surface area contributed by atoms with E-state index in [-0.39, 0.29) is 26.1 Å². The molecular weight excluding hydrogens is 790 g/mol. The first-order valence-corrected chi connectivity index (χ1v) is 24.6. The number of likely N-dealkylation sites (N-methyl/N-ethyl adjacent to an activating group) is 1. The first-order valence-electron chi connectivity index (χ1n) is 23.1. The number of phosphoric acid groups is 1. The van der Waals surface area contributed by atoms with Gasteiger partial charge in [-0.1, -0.05) is 130 Å². The number of carbonyl (C=O) groups is 2. The second-order valence-corrected chi connectivity index (χ2v) is 17.9. The lowest BCUT2D eigenvalue weighted by Crippen LogP contribution is -2.37. The lowest BCUT2D eigenvalue weighted by molar-refractivity contribution is -0.870. The minimum absolute atomic E-state index is 0.00822. The summed E-state index contributed by atoms with van der Waals surface area (Å²) in [7, 11) is 1.40. The summed E-state index contributed by atoms with van der Waals surface area (Å²) in [6.07, 6.45) is 52.1. The van der Waals surface area contributed by atoms with Gasteiger partial charge in [-0.3, -0.25) is 18.6 Å². The lowest BCUT2D eigenvalue weighted by Gasteiger charge is -2.24. The van der Waals surface area contributed by atoms with Crippen LogP contribution in [0.5, 0.6) is 0 Å². The molecule has 0 bridgehead atoms. The molecule has 4 atom stereocenters. The topological polar surface area (TPSA) is 121 Å². The number of hydrogen-bond acceptors (Lipinski definition) is 8. The molecule has 61 heavy (non-hydrogen) atoms. The average molecular weight is 873 g/mol. The van der Waals surface area contributed by atoms with Crippen molar-refractivity contribution in [2.45, 2.75) is 161 Å². The summed E-state index contributed by atoms with van der Waals surface area (Å²) in [6, 6.07) is 0. The molecule has 1 saturated heterocycles. The number of quaternary nitrogens is 1. The maximum atomic E-state index is 12.7. The van der Waals surface area contributed by atoms with Gasteiger partial charge in [0.15, 0.2) is 6.10 Å². The van der Waals surface area contributed by atoms with E-state index in [1.54, 1.807) is 0 Å². The molecule has 0 amide bonds. The van der Waals surface area contributed by atoms with Crippen molar-refractivity contribution >= 4 is 19.8 Å². The minimum Gasteiger partial charge on any atom is -0.462 e. The SMILES string of the molecule is CC/C=C\C/C=C\C/C=C\C/C=C\C/C=C\CCCCCC(=O)O[C@H](COC(=O)CCC/C=C\C/C=C\CC1OC1C/C=C\CCCCC)COP(=O)(O)OCC[N+](C)(C)C. The molecule has 1 heterocycles. The fraction of sp³-hybridized carbons (Fsp3) is 0.640. The number of carbonyl (C=O) groups excluding carboxylic acids is 2. The predicted molar refractivity (Wildman–Crippen MR) is 251 cm³/mol. The van der Waals surface area contributed by atoms with Gasteiger partial charge in [-0.15, -0.1) is 0 Å². The van der Waals surface area contributed by atoms with Gasteiger partial charge in [0.1, 0.15) is 19.8 Å². The van der Waals surface area contributed by atoms with E-state index < -0.39 is 32.5 Å². The molecule has 10 nitrogen and oxygen atoms in total. The van der Waals surface area contributed by atoms with E-state index in [9.17, 15) is 19.0 Å². The molecule has 0 spiro atoms. The molecule has 1 rings (SSSR count). The van der Waals surface area contributed by atoms with Gasteiger partial charge in [-0.25, -0.2) is 4.57 Å². The smallest absolute Gasteiger partial charge is 0.462 e. The fourth-order valence-corrected chi connectivity index (χ4v) is 6.52.